The average Bonchev–Trinajstić information content (AvgIpc) is 2.46. The number of rotatable bonds is 3. The lowest BCUT2D eigenvalue weighted by molar-refractivity contribution is 0.0988. The number of aromatic nitrogens is 1. The van der Waals surface area contributed by atoms with Gasteiger partial charge in [0.15, 0.2) is 5.78 Å². The number of hydrogen-bond acceptors (Lipinski definition) is 3. The Morgan fingerprint density at radius 2 is 2.11 bits per heavy atom. The molecule has 0 radical (unpaired) electrons. The second-order valence-electron chi connectivity index (χ2n) is 3.93. The van der Waals surface area contributed by atoms with Crippen LogP contribution in [0.3, 0.4) is 0 Å². The highest BCUT2D eigenvalue weighted by Gasteiger charge is 2.05. The highest BCUT2D eigenvalue weighted by Crippen LogP contribution is 2.21. The van der Waals surface area contributed by atoms with E-state index in [2.05, 4.69) is 11.1 Å². The maximum atomic E-state index is 11.7. The van der Waals surface area contributed by atoms with Crippen molar-refractivity contribution in [2.75, 3.05) is 0 Å². The summed E-state index contributed by atoms with van der Waals surface area (Å²) in [7, 11) is 0. The van der Waals surface area contributed by atoms with Gasteiger partial charge in [0, 0.05) is 29.9 Å². The summed E-state index contributed by atoms with van der Waals surface area (Å²) in [5.74, 6) is 0.112. The van der Waals surface area contributed by atoms with E-state index in [4.69, 9.17) is 5.26 Å². The Labute approximate surface area is 106 Å². The molecule has 0 atom stereocenters. The van der Waals surface area contributed by atoms with E-state index in [-0.39, 0.29) is 5.78 Å². The molecule has 0 unspecified atom stereocenters. The normalized spacial score (nSPS) is 9.78. The van der Waals surface area contributed by atoms with Crippen LogP contribution in [0.2, 0.25) is 0 Å². The van der Waals surface area contributed by atoms with Gasteiger partial charge in [0.05, 0.1) is 5.56 Å². The molecule has 0 saturated carbocycles. The van der Waals surface area contributed by atoms with Crippen LogP contribution in [0, 0.1) is 11.3 Å². The van der Waals surface area contributed by atoms with Gasteiger partial charge in [0.1, 0.15) is 6.07 Å². The lowest BCUT2D eigenvalue weighted by Gasteiger charge is -2.04. The first kappa shape index (κ1) is 12.0. The largest absolute Gasteiger partial charge is 0.294 e. The minimum absolute atomic E-state index is 0.112. The van der Waals surface area contributed by atoms with E-state index in [1.807, 2.05) is 25.1 Å². The highest BCUT2D eigenvalue weighted by atomic mass is 16.1. The van der Waals surface area contributed by atoms with Crippen molar-refractivity contribution in [1.29, 1.82) is 5.26 Å². The predicted molar refractivity (Wildman–Crippen MR) is 69.0 cm³/mol. The molecule has 0 aliphatic heterocycles. The number of ketones is 1. The Hall–Kier alpha value is -2.47. The first-order valence-corrected chi connectivity index (χ1v) is 5.73. The van der Waals surface area contributed by atoms with Crippen LogP contribution >= 0.6 is 0 Å². The van der Waals surface area contributed by atoms with Gasteiger partial charge in [-0.15, -0.1) is 0 Å². The van der Waals surface area contributed by atoms with Crippen LogP contribution < -0.4 is 0 Å². The quantitative estimate of drug-likeness (QED) is 0.769. The maximum absolute atomic E-state index is 11.7. The van der Waals surface area contributed by atoms with Crippen molar-refractivity contribution in [3.63, 3.8) is 0 Å². The van der Waals surface area contributed by atoms with Gasteiger partial charge in [-0.1, -0.05) is 25.1 Å². The fraction of sp³-hybridized carbons (Fsp3) is 0.133. The molecule has 0 amide bonds. The summed E-state index contributed by atoms with van der Waals surface area (Å²) in [5.41, 5.74) is 2.95. The van der Waals surface area contributed by atoms with E-state index < -0.39 is 0 Å². The van der Waals surface area contributed by atoms with Crippen molar-refractivity contribution >= 4 is 5.78 Å². The molecule has 2 rings (SSSR count). The van der Waals surface area contributed by atoms with Crippen LogP contribution in [0.15, 0.2) is 42.7 Å². The molecule has 3 heteroatoms. The van der Waals surface area contributed by atoms with Crippen molar-refractivity contribution < 1.29 is 4.79 Å². The van der Waals surface area contributed by atoms with Crippen molar-refractivity contribution in [3.05, 3.63) is 53.9 Å². The van der Waals surface area contributed by atoms with Gasteiger partial charge in [-0.25, -0.2) is 0 Å². The van der Waals surface area contributed by atoms with Gasteiger partial charge in [-0.05, 0) is 17.7 Å². The van der Waals surface area contributed by atoms with Crippen LogP contribution in [-0.4, -0.2) is 10.8 Å². The number of Topliss-reactive ketones (excluding diaryl/α,β-unsaturated/α-hetero) is 1. The third kappa shape index (κ3) is 2.44. The van der Waals surface area contributed by atoms with E-state index in [0.29, 0.717) is 17.5 Å². The topological polar surface area (TPSA) is 53.8 Å². The maximum Gasteiger partial charge on any atom is 0.162 e. The van der Waals surface area contributed by atoms with Crippen LogP contribution in [0.4, 0.5) is 0 Å². The summed E-state index contributed by atoms with van der Waals surface area (Å²) in [6.45, 7) is 1.84. The molecule has 1 heterocycles. The molecule has 0 aliphatic carbocycles. The molecular weight excluding hydrogens is 224 g/mol. The molecule has 0 saturated heterocycles. The second kappa shape index (κ2) is 5.24. The first-order chi connectivity index (χ1) is 8.74. The zero-order valence-corrected chi connectivity index (χ0v) is 10.1. The number of benzene rings is 1. The zero-order chi connectivity index (χ0) is 13.0. The van der Waals surface area contributed by atoms with Crippen LogP contribution in [0.25, 0.3) is 11.1 Å². The summed E-state index contributed by atoms with van der Waals surface area (Å²) in [6, 6.07) is 11.2. The molecule has 1 aromatic heterocycles. The zero-order valence-electron chi connectivity index (χ0n) is 10.1. The van der Waals surface area contributed by atoms with Gasteiger partial charge >= 0.3 is 0 Å². The van der Waals surface area contributed by atoms with Gasteiger partial charge in [-0.3, -0.25) is 9.78 Å². The summed E-state index contributed by atoms with van der Waals surface area (Å²) in [5, 5.41) is 8.85. The fourth-order valence-corrected chi connectivity index (χ4v) is 1.74. The summed E-state index contributed by atoms with van der Waals surface area (Å²) in [4.78, 5) is 15.7. The predicted octanol–water partition coefficient (Wildman–Crippen LogP) is 3.21. The van der Waals surface area contributed by atoms with Crippen molar-refractivity contribution in [2.45, 2.75) is 13.3 Å². The number of carbonyl (C=O) groups excluding carboxylic acids is 1. The second-order valence-corrected chi connectivity index (χ2v) is 3.93. The summed E-state index contributed by atoms with van der Waals surface area (Å²) < 4.78 is 0. The fourth-order valence-electron chi connectivity index (χ4n) is 1.74. The van der Waals surface area contributed by atoms with Gasteiger partial charge in [0.25, 0.3) is 0 Å². The summed E-state index contributed by atoms with van der Waals surface area (Å²) in [6.07, 6.45) is 3.70. The third-order valence-electron chi connectivity index (χ3n) is 2.71. The van der Waals surface area contributed by atoms with Crippen molar-refractivity contribution in [3.8, 4) is 17.2 Å². The monoisotopic (exact) mass is 236 g/mol. The number of hydrogen-bond donors (Lipinski definition) is 0. The Kier molecular flexibility index (Phi) is 3.49. The average molecular weight is 236 g/mol. The Morgan fingerprint density at radius 3 is 2.83 bits per heavy atom. The van der Waals surface area contributed by atoms with E-state index >= 15 is 0 Å². The molecule has 18 heavy (non-hydrogen) atoms. The minimum Gasteiger partial charge on any atom is -0.294 e. The third-order valence-corrected chi connectivity index (χ3v) is 2.71. The standard InChI is InChI=1S/C15H12N2O/c1-2-15(18)13-5-3-4-12(7-13)14-6-11(8-16)9-17-10-14/h3-7,9-10H,2H2,1H3. The first-order valence-electron chi connectivity index (χ1n) is 5.73. The molecule has 0 spiro atoms. The van der Waals surface area contributed by atoms with Gasteiger partial charge < -0.3 is 0 Å². The van der Waals surface area contributed by atoms with Gasteiger partial charge in [0.2, 0.25) is 0 Å². The molecule has 0 aliphatic rings. The smallest absolute Gasteiger partial charge is 0.162 e. The molecule has 3 nitrogen and oxygen atoms in total. The van der Waals surface area contributed by atoms with Crippen LogP contribution in [0.5, 0.6) is 0 Å². The van der Waals surface area contributed by atoms with E-state index in [0.717, 1.165) is 11.1 Å². The molecular formula is C15H12N2O. The molecule has 1 aromatic carbocycles. The number of nitrogens with zero attached hydrogens (tertiary/aromatic N) is 2. The van der Waals surface area contributed by atoms with E-state index in [1.54, 1.807) is 18.3 Å². The molecule has 2 aromatic rings. The van der Waals surface area contributed by atoms with Crippen LogP contribution in [0.1, 0.15) is 29.3 Å². The number of carbonyl (C=O) groups is 1. The Balaban J connectivity index is 2.45. The van der Waals surface area contributed by atoms with E-state index in [9.17, 15) is 4.79 Å². The highest BCUT2D eigenvalue weighted by molar-refractivity contribution is 5.96. The number of pyridine rings is 1. The number of nitriles is 1. The Morgan fingerprint density at radius 1 is 1.28 bits per heavy atom. The summed E-state index contributed by atoms with van der Waals surface area (Å²) >= 11 is 0. The van der Waals surface area contributed by atoms with Crippen molar-refractivity contribution in [2.24, 2.45) is 0 Å². The molecule has 0 N–H and O–H groups in total. The molecule has 0 bridgehead atoms. The lowest BCUT2D eigenvalue weighted by atomic mass is 10.0. The van der Waals surface area contributed by atoms with Crippen molar-refractivity contribution in [1.82, 2.24) is 4.98 Å². The SMILES string of the molecule is CCC(=O)c1cccc(-c2cncc(C#N)c2)c1. The van der Waals surface area contributed by atoms with Gasteiger partial charge in [-0.2, -0.15) is 5.26 Å². The lowest BCUT2D eigenvalue weighted by Crippen LogP contribution is -1.96. The minimum atomic E-state index is 0.112. The molecule has 0 fully saturated rings. The van der Waals surface area contributed by atoms with Crippen LogP contribution in [-0.2, 0) is 0 Å². The Bertz CT molecular complexity index is 626. The molecule has 88 valence electrons. The van der Waals surface area contributed by atoms with E-state index in [1.165, 1.54) is 6.20 Å².